The summed E-state index contributed by atoms with van der Waals surface area (Å²) in [7, 11) is 0. The molecule has 126 valence electrons. The Kier molecular flexibility index (Phi) is 4.94. The highest BCUT2D eigenvalue weighted by Crippen LogP contribution is 2.23. The molecule has 0 spiro atoms. The molecule has 0 aromatic carbocycles. The molecular formula is C18H20N2O3S. The van der Waals surface area contributed by atoms with Gasteiger partial charge in [-0.05, 0) is 42.8 Å². The number of amides is 1. The predicted molar refractivity (Wildman–Crippen MR) is 93.4 cm³/mol. The number of rotatable bonds is 5. The molecule has 2 aromatic heterocycles. The number of carbonyl (C=O) groups is 2. The number of carbonyl (C=O) groups excluding carboxylic acids is 2. The zero-order valence-corrected chi connectivity index (χ0v) is 14.4. The summed E-state index contributed by atoms with van der Waals surface area (Å²) >= 11 is 1.43. The fraction of sp³-hybridized carbons (Fsp3) is 0.389. The topological polar surface area (TPSA) is 59.4 Å². The average Bonchev–Trinajstić information content (AvgIpc) is 3.21. The number of likely N-dealkylation sites (tertiary alicyclic amines) is 1. The van der Waals surface area contributed by atoms with Crippen molar-refractivity contribution in [3.05, 3.63) is 56.6 Å². The van der Waals surface area contributed by atoms with Crippen LogP contribution in [0.4, 0.5) is 0 Å². The highest BCUT2D eigenvalue weighted by molar-refractivity contribution is 7.12. The molecule has 0 saturated carbocycles. The highest BCUT2D eigenvalue weighted by Gasteiger charge is 2.30. The number of nitrogens with zero attached hydrogens (tertiary/aromatic N) is 2. The van der Waals surface area contributed by atoms with E-state index < -0.39 is 0 Å². The van der Waals surface area contributed by atoms with E-state index in [1.54, 1.807) is 11.1 Å². The van der Waals surface area contributed by atoms with E-state index in [2.05, 4.69) is 0 Å². The molecule has 0 radical (unpaired) electrons. The SMILES string of the molecule is Cc1ccn(CC(=O)N2CCCC2CC(=O)c2cccs2)c(=O)c1. The van der Waals surface area contributed by atoms with Crippen molar-refractivity contribution in [2.24, 2.45) is 0 Å². The number of Topliss-reactive ketones (excluding diaryl/α,β-unsaturated/α-hetero) is 1. The van der Waals surface area contributed by atoms with Gasteiger partial charge >= 0.3 is 0 Å². The monoisotopic (exact) mass is 344 g/mol. The molecule has 1 aliphatic rings. The molecule has 24 heavy (non-hydrogen) atoms. The lowest BCUT2D eigenvalue weighted by atomic mass is 10.1. The van der Waals surface area contributed by atoms with Gasteiger partial charge in [-0.2, -0.15) is 0 Å². The highest BCUT2D eigenvalue weighted by atomic mass is 32.1. The first-order chi connectivity index (χ1) is 11.5. The maximum Gasteiger partial charge on any atom is 0.251 e. The molecule has 3 heterocycles. The molecular weight excluding hydrogens is 324 g/mol. The van der Waals surface area contributed by atoms with Crippen molar-refractivity contribution in [2.75, 3.05) is 6.54 Å². The first kappa shape index (κ1) is 16.6. The summed E-state index contributed by atoms with van der Waals surface area (Å²) in [4.78, 5) is 39.3. The second kappa shape index (κ2) is 7.13. The number of thiophene rings is 1. The minimum Gasteiger partial charge on any atom is -0.338 e. The number of pyridine rings is 1. The lowest BCUT2D eigenvalue weighted by Crippen LogP contribution is -2.40. The standard InChI is InChI=1S/C18H20N2O3S/c1-13-6-8-19(17(22)10-13)12-18(23)20-7-2-4-14(20)11-15(21)16-5-3-9-24-16/h3,5-6,8-10,14H,2,4,7,11-12H2,1H3. The Morgan fingerprint density at radius 1 is 1.33 bits per heavy atom. The van der Waals surface area contributed by atoms with E-state index in [0.29, 0.717) is 13.0 Å². The zero-order valence-electron chi connectivity index (χ0n) is 13.6. The summed E-state index contributed by atoms with van der Waals surface area (Å²) in [5, 5.41) is 1.88. The molecule has 1 aliphatic heterocycles. The first-order valence-electron chi connectivity index (χ1n) is 8.08. The third-order valence-electron chi connectivity index (χ3n) is 4.37. The maximum atomic E-state index is 12.6. The molecule has 1 saturated heterocycles. The van der Waals surface area contributed by atoms with Crippen molar-refractivity contribution in [3.8, 4) is 0 Å². The molecule has 2 aromatic rings. The van der Waals surface area contributed by atoms with Crippen molar-refractivity contribution in [1.29, 1.82) is 0 Å². The molecule has 1 atom stereocenters. The average molecular weight is 344 g/mol. The van der Waals surface area contributed by atoms with Crippen LogP contribution in [0.25, 0.3) is 0 Å². The number of ketones is 1. The Balaban J connectivity index is 1.67. The molecule has 5 nitrogen and oxygen atoms in total. The lowest BCUT2D eigenvalue weighted by Gasteiger charge is -2.24. The van der Waals surface area contributed by atoms with Gasteiger partial charge in [0, 0.05) is 31.3 Å². The van der Waals surface area contributed by atoms with E-state index in [0.717, 1.165) is 23.3 Å². The normalized spacial score (nSPS) is 17.2. The quantitative estimate of drug-likeness (QED) is 0.783. The Labute approximate surface area is 144 Å². The number of aromatic nitrogens is 1. The van der Waals surface area contributed by atoms with Gasteiger partial charge in [-0.1, -0.05) is 6.07 Å². The van der Waals surface area contributed by atoms with Crippen LogP contribution in [0, 0.1) is 6.92 Å². The minimum atomic E-state index is -0.172. The molecule has 1 amide bonds. The van der Waals surface area contributed by atoms with Crippen LogP contribution in [0.5, 0.6) is 0 Å². The van der Waals surface area contributed by atoms with Crippen molar-refractivity contribution < 1.29 is 9.59 Å². The largest absolute Gasteiger partial charge is 0.338 e. The maximum absolute atomic E-state index is 12.6. The van der Waals surface area contributed by atoms with Crippen molar-refractivity contribution in [1.82, 2.24) is 9.47 Å². The van der Waals surface area contributed by atoms with Crippen LogP contribution in [0.3, 0.4) is 0 Å². The molecule has 3 rings (SSSR count). The van der Waals surface area contributed by atoms with Crippen LogP contribution < -0.4 is 5.56 Å². The van der Waals surface area contributed by atoms with Crippen LogP contribution >= 0.6 is 11.3 Å². The van der Waals surface area contributed by atoms with Gasteiger partial charge in [-0.3, -0.25) is 14.4 Å². The van der Waals surface area contributed by atoms with E-state index in [1.807, 2.05) is 30.5 Å². The third-order valence-corrected chi connectivity index (χ3v) is 5.28. The van der Waals surface area contributed by atoms with Gasteiger partial charge in [0.05, 0.1) is 4.88 Å². The van der Waals surface area contributed by atoms with E-state index >= 15 is 0 Å². The summed E-state index contributed by atoms with van der Waals surface area (Å²) < 4.78 is 1.42. The number of hydrogen-bond donors (Lipinski definition) is 0. The molecule has 0 N–H and O–H groups in total. The van der Waals surface area contributed by atoms with Crippen LogP contribution in [-0.4, -0.2) is 33.7 Å². The lowest BCUT2D eigenvalue weighted by molar-refractivity contribution is -0.132. The summed E-state index contributed by atoms with van der Waals surface area (Å²) in [6.07, 6.45) is 3.75. The molecule has 1 unspecified atom stereocenters. The third kappa shape index (κ3) is 3.64. The van der Waals surface area contributed by atoms with Crippen LogP contribution in [0.15, 0.2) is 40.6 Å². The fourth-order valence-electron chi connectivity index (χ4n) is 3.10. The van der Waals surface area contributed by atoms with Gasteiger partial charge in [0.25, 0.3) is 5.56 Å². The first-order valence-corrected chi connectivity index (χ1v) is 8.96. The second-order valence-corrected chi connectivity index (χ2v) is 7.11. The smallest absolute Gasteiger partial charge is 0.251 e. The van der Waals surface area contributed by atoms with Gasteiger partial charge in [0.15, 0.2) is 5.78 Å². The van der Waals surface area contributed by atoms with Gasteiger partial charge in [0.1, 0.15) is 6.54 Å². The Morgan fingerprint density at radius 3 is 2.88 bits per heavy atom. The van der Waals surface area contributed by atoms with Crippen LogP contribution in [0.1, 0.15) is 34.5 Å². The summed E-state index contributed by atoms with van der Waals surface area (Å²) in [5.41, 5.74) is 0.707. The zero-order chi connectivity index (χ0) is 17.1. The van der Waals surface area contributed by atoms with Gasteiger partial charge in [-0.25, -0.2) is 0 Å². The summed E-state index contributed by atoms with van der Waals surface area (Å²) in [6.45, 7) is 2.53. The van der Waals surface area contributed by atoms with E-state index in [4.69, 9.17) is 0 Å². The van der Waals surface area contributed by atoms with Crippen molar-refractivity contribution in [2.45, 2.75) is 38.8 Å². The van der Waals surface area contributed by atoms with Crippen molar-refractivity contribution in [3.63, 3.8) is 0 Å². The number of aryl methyl sites for hydroxylation is 1. The van der Waals surface area contributed by atoms with E-state index in [-0.39, 0.29) is 29.8 Å². The molecule has 6 heteroatoms. The minimum absolute atomic E-state index is 0.0306. The van der Waals surface area contributed by atoms with E-state index in [1.165, 1.54) is 22.0 Å². The molecule has 1 fully saturated rings. The summed E-state index contributed by atoms with van der Waals surface area (Å²) in [6, 6.07) is 6.96. The molecule has 0 aliphatic carbocycles. The Bertz CT molecular complexity index is 795. The van der Waals surface area contributed by atoms with Gasteiger partial charge < -0.3 is 9.47 Å². The predicted octanol–water partition coefficient (Wildman–Crippen LogP) is 2.48. The van der Waals surface area contributed by atoms with Crippen LogP contribution in [-0.2, 0) is 11.3 Å². The Morgan fingerprint density at radius 2 is 2.17 bits per heavy atom. The van der Waals surface area contributed by atoms with Gasteiger partial charge in [0.2, 0.25) is 5.91 Å². The second-order valence-electron chi connectivity index (χ2n) is 6.16. The summed E-state index contributed by atoms with van der Waals surface area (Å²) in [5.74, 6) is -0.00960. The van der Waals surface area contributed by atoms with Crippen LogP contribution in [0.2, 0.25) is 0 Å². The van der Waals surface area contributed by atoms with Gasteiger partial charge in [-0.15, -0.1) is 11.3 Å². The Hall–Kier alpha value is -2.21. The van der Waals surface area contributed by atoms with Crippen molar-refractivity contribution >= 4 is 23.0 Å². The van der Waals surface area contributed by atoms with E-state index in [9.17, 15) is 14.4 Å². The number of hydrogen-bond acceptors (Lipinski definition) is 4. The fourth-order valence-corrected chi connectivity index (χ4v) is 3.78. The molecule has 0 bridgehead atoms.